The van der Waals surface area contributed by atoms with Crippen molar-refractivity contribution in [2.75, 3.05) is 0 Å². The first kappa shape index (κ1) is 13.6. The van der Waals surface area contributed by atoms with E-state index in [2.05, 4.69) is 15.3 Å². The molecule has 0 spiro atoms. The van der Waals surface area contributed by atoms with Crippen LogP contribution in [-0.4, -0.2) is 21.9 Å². The number of carbonyl (C=O) groups is 1. The van der Waals surface area contributed by atoms with Crippen molar-refractivity contribution in [2.24, 2.45) is 11.7 Å². The van der Waals surface area contributed by atoms with Crippen LogP contribution in [-0.2, 0) is 11.3 Å². The monoisotopic (exact) mass is 236 g/mol. The molecule has 1 atom stereocenters. The Morgan fingerprint density at radius 2 is 2.24 bits per heavy atom. The van der Waals surface area contributed by atoms with Crippen molar-refractivity contribution in [1.29, 1.82) is 0 Å². The molecule has 0 bridgehead atoms. The fourth-order valence-corrected chi connectivity index (χ4v) is 1.53. The van der Waals surface area contributed by atoms with Crippen LogP contribution in [0.3, 0.4) is 0 Å². The Morgan fingerprint density at radius 3 is 2.82 bits per heavy atom. The minimum absolute atomic E-state index is 0.130. The Bertz CT molecular complexity index is 379. The van der Waals surface area contributed by atoms with Crippen LogP contribution in [0.4, 0.5) is 0 Å². The molecule has 5 heteroatoms. The predicted molar refractivity (Wildman–Crippen MR) is 66.0 cm³/mol. The van der Waals surface area contributed by atoms with Crippen molar-refractivity contribution in [3.63, 3.8) is 0 Å². The lowest BCUT2D eigenvalue weighted by atomic mass is 10.0. The molecule has 17 heavy (non-hydrogen) atoms. The first-order chi connectivity index (χ1) is 7.99. The standard InChI is InChI=1S/C12H20N4O/c1-8(2)6-11(13)12(17)15-7-10-4-5-14-9(3)16-10/h4-5,8,11H,6-7,13H2,1-3H3,(H,15,17)/t11-/m1/s1. The van der Waals surface area contributed by atoms with Gasteiger partial charge in [-0.25, -0.2) is 9.97 Å². The molecule has 0 aliphatic carbocycles. The fraction of sp³-hybridized carbons (Fsp3) is 0.583. The van der Waals surface area contributed by atoms with E-state index in [1.807, 2.05) is 20.8 Å². The van der Waals surface area contributed by atoms with Gasteiger partial charge in [-0.15, -0.1) is 0 Å². The van der Waals surface area contributed by atoms with Crippen molar-refractivity contribution in [3.8, 4) is 0 Å². The van der Waals surface area contributed by atoms with Gasteiger partial charge in [0.05, 0.1) is 18.3 Å². The van der Waals surface area contributed by atoms with Crippen LogP contribution < -0.4 is 11.1 Å². The van der Waals surface area contributed by atoms with E-state index in [-0.39, 0.29) is 5.91 Å². The van der Waals surface area contributed by atoms with Gasteiger partial charge in [-0.1, -0.05) is 13.8 Å². The number of amides is 1. The molecule has 94 valence electrons. The molecule has 0 unspecified atom stereocenters. The molecule has 1 rings (SSSR count). The Morgan fingerprint density at radius 1 is 1.53 bits per heavy atom. The average molecular weight is 236 g/mol. The summed E-state index contributed by atoms with van der Waals surface area (Å²) in [4.78, 5) is 19.8. The van der Waals surface area contributed by atoms with Crippen molar-refractivity contribution in [2.45, 2.75) is 39.8 Å². The van der Waals surface area contributed by atoms with Crippen molar-refractivity contribution < 1.29 is 4.79 Å². The zero-order valence-corrected chi connectivity index (χ0v) is 10.6. The predicted octanol–water partition coefficient (Wildman–Crippen LogP) is 0.775. The Hall–Kier alpha value is -1.49. The summed E-state index contributed by atoms with van der Waals surface area (Å²) in [7, 11) is 0. The first-order valence-corrected chi connectivity index (χ1v) is 5.81. The number of carbonyl (C=O) groups excluding carboxylic acids is 1. The number of aromatic nitrogens is 2. The summed E-state index contributed by atoms with van der Waals surface area (Å²) in [6.07, 6.45) is 2.37. The number of hydrogen-bond donors (Lipinski definition) is 2. The molecule has 1 aromatic rings. The zero-order chi connectivity index (χ0) is 12.8. The largest absolute Gasteiger partial charge is 0.349 e. The van der Waals surface area contributed by atoms with E-state index in [0.29, 0.717) is 24.7 Å². The van der Waals surface area contributed by atoms with Crippen LogP contribution in [0, 0.1) is 12.8 Å². The number of nitrogens with two attached hydrogens (primary N) is 1. The molecule has 0 aliphatic rings. The van der Waals surface area contributed by atoms with Crippen LogP contribution in [0.1, 0.15) is 31.8 Å². The van der Waals surface area contributed by atoms with Gasteiger partial charge in [0.15, 0.2) is 0 Å². The molecule has 0 fully saturated rings. The van der Waals surface area contributed by atoms with Gasteiger partial charge in [-0.2, -0.15) is 0 Å². The van der Waals surface area contributed by atoms with Crippen molar-refractivity contribution in [3.05, 3.63) is 23.8 Å². The highest BCUT2D eigenvalue weighted by Crippen LogP contribution is 2.03. The minimum Gasteiger partial charge on any atom is -0.349 e. The van der Waals surface area contributed by atoms with Gasteiger partial charge in [0, 0.05) is 6.20 Å². The SMILES string of the molecule is Cc1nccc(CNC(=O)[C@H](N)CC(C)C)n1. The highest BCUT2D eigenvalue weighted by Gasteiger charge is 2.14. The molecule has 5 nitrogen and oxygen atoms in total. The number of hydrogen-bond acceptors (Lipinski definition) is 4. The van der Waals surface area contributed by atoms with Gasteiger partial charge in [-0.05, 0) is 25.3 Å². The summed E-state index contributed by atoms with van der Waals surface area (Å²) in [5.41, 5.74) is 6.56. The van der Waals surface area contributed by atoms with Crippen molar-refractivity contribution in [1.82, 2.24) is 15.3 Å². The van der Waals surface area contributed by atoms with E-state index in [9.17, 15) is 4.79 Å². The summed E-state index contributed by atoms with van der Waals surface area (Å²) in [5, 5.41) is 2.78. The summed E-state index contributed by atoms with van der Waals surface area (Å²) in [6.45, 7) is 6.30. The van der Waals surface area contributed by atoms with Crippen LogP contribution in [0.25, 0.3) is 0 Å². The molecular weight excluding hydrogens is 216 g/mol. The van der Waals surface area contributed by atoms with Gasteiger partial charge in [0.1, 0.15) is 5.82 Å². The maximum Gasteiger partial charge on any atom is 0.237 e. The highest BCUT2D eigenvalue weighted by molar-refractivity contribution is 5.81. The van der Waals surface area contributed by atoms with Gasteiger partial charge in [0.25, 0.3) is 0 Å². The number of aryl methyl sites for hydroxylation is 1. The first-order valence-electron chi connectivity index (χ1n) is 5.81. The minimum atomic E-state index is -0.446. The Labute approximate surface area is 102 Å². The maximum atomic E-state index is 11.7. The lowest BCUT2D eigenvalue weighted by Crippen LogP contribution is -2.41. The van der Waals surface area contributed by atoms with Crippen LogP contribution in [0.2, 0.25) is 0 Å². The van der Waals surface area contributed by atoms with Gasteiger partial charge in [0.2, 0.25) is 5.91 Å². The highest BCUT2D eigenvalue weighted by atomic mass is 16.2. The number of nitrogens with zero attached hydrogens (tertiary/aromatic N) is 2. The molecule has 0 radical (unpaired) electrons. The second-order valence-corrected chi connectivity index (χ2v) is 4.55. The van der Waals surface area contributed by atoms with Crippen LogP contribution in [0.15, 0.2) is 12.3 Å². The van der Waals surface area contributed by atoms with E-state index < -0.39 is 6.04 Å². The van der Waals surface area contributed by atoms with E-state index in [1.165, 1.54) is 0 Å². The van der Waals surface area contributed by atoms with E-state index >= 15 is 0 Å². The molecule has 1 amide bonds. The topological polar surface area (TPSA) is 80.9 Å². The Balaban J connectivity index is 2.43. The molecular formula is C12H20N4O. The summed E-state index contributed by atoms with van der Waals surface area (Å²) < 4.78 is 0. The van der Waals surface area contributed by atoms with Gasteiger partial charge < -0.3 is 11.1 Å². The molecule has 1 aromatic heterocycles. The smallest absolute Gasteiger partial charge is 0.237 e. The third-order valence-corrected chi connectivity index (χ3v) is 2.34. The van der Waals surface area contributed by atoms with Gasteiger partial charge in [-0.3, -0.25) is 4.79 Å². The molecule has 1 heterocycles. The Kier molecular flexibility index (Phi) is 5.03. The van der Waals surface area contributed by atoms with E-state index in [4.69, 9.17) is 5.73 Å². The second-order valence-electron chi connectivity index (χ2n) is 4.55. The number of nitrogens with one attached hydrogen (secondary N) is 1. The second kappa shape index (κ2) is 6.30. The third kappa shape index (κ3) is 4.91. The number of rotatable bonds is 5. The molecule has 3 N–H and O–H groups in total. The quantitative estimate of drug-likeness (QED) is 0.791. The van der Waals surface area contributed by atoms with Crippen LogP contribution in [0.5, 0.6) is 0 Å². The van der Waals surface area contributed by atoms with Crippen LogP contribution >= 0.6 is 0 Å². The average Bonchev–Trinajstić information content (AvgIpc) is 2.25. The lowest BCUT2D eigenvalue weighted by Gasteiger charge is -2.13. The third-order valence-electron chi connectivity index (χ3n) is 2.34. The van der Waals surface area contributed by atoms with E-state index in [1.54, 1.807) is 12.3 Å². The lowest BCUT2D eigenvalue weighted by molar-refractivity contribution is -0.122. The molecule has 0 saturated heterocycles. The maximum absolute atomic E-state index is 11.7. The van der Waals surface area contributed by atoms with Gasteiger partial charge >= 0.3 is 0 Å². The molecule has 0 aliphatic heterocycles. The molecule has 0 aromatic carbocycles. The van der Waals surface area contributed by atoms with Crippen molar-refractivity contribution >= 4 is 5.91 Å². The summed E-state index contributed by atoms with van der Waals surface area (Å²) >= 11 is 0. The summed E-state index contributed by atoms with van der Waals surface area (Å²) in [5.74, 6) is 0.982. The van der Waals surface area contributed by atoms with E-state index in [0.717, 1.165) is 5.69 Å². The normalized spacial score (nSPS) is 12.5. The zero-order valence-electron chi connectivity index (χ0n) is 10.6. The fourth-order valence-electron chi connectivity index (χ4n) is 1.53. The summed E-state index contributed by atoms with van der Waals surface area (Å²) in [6, 6.07) is 1.33. The molecule has 0 saturated carbocycles.